The van der Waals surface area contributed by atoms with E-state index in [1.54, 1.807) is 0 Å². The Labute approximate surface area is 61.8 Å². The zero-order valence-corrected chi connectivity index (χ0v) is 6.68. The molecule has 1 saturated carbocycles. The van der Waals surface area contributed by atoms with Crippen molar-refractivity contribution in [2.45, 2.75) is 33.1 Å². The van der Waals surface area contributed by atoms with E-state index in [9.17, 15) is 4.79 Å². The van der Waals surface area contributed by atoms with Gasteiger partial charge in [0.25, 0.3) is 0 Å². The minimum atomic E-state index is -0.166. The summed E-state index contributed by atoms with van der Waals surface area (Å²) in [5.41, 5.74) is 5.04. The molecule has 0 aliphatic heterocycles. The highest BCUT2D eigenvalue weighted by atomic mass is 16.1. The van der Waals surface area contributed by atoms with Crippen molar-refractivity contribution in [2.24, 2.45) is 17.1 Å². The van der Waals surface area contributed by atoms with Crippen LogP contribution in [0.1, 0.15) is 33.1 Å². The first-order chi connectivity index (χ1) is 4.58. The highest BCUT2D eigenvalue weighted by Gasteiger charge is 2.43. The fraction of sp³-hybridized carbons (Fsp3) is 0.875. The van der Waals surface area contributed by atoms with Crippen molar-refractivity contribution in [1.29, 1.82) is 0 Å². The average Bonchev–Trinajstić information content (AvgIpc) is 1.80. The molecule has 2 N–H and O–H groups in total. The maximum atomic E-state index is 10.8. The van der Waals surface area contributed by atoms with Crippen LogP contribution in [0, 0.1) is 11.3 Å². The van der Waals surface area contributed by atoms with E-state index in [4.69, 9.17) is 5.73 Å². The molecule has 0 aromatic rings. The molecule has 0 aromatic heterocycles. The van der Waals surface area contributed by atoms with E-state index in [0.717, 1.165) is 18.8 Å². The van der Waals surface area contributed by atoms with E-state index in [2.05, 4.69) is 6.92 Å². The summed E-state index contributed by atoms with van der Waals surface area (Å²) in [6, 6.07) is 0. The van der Waals surface area contributed by atoms with Crippen molar-refractivity contribution >= 4 is 5.91 Å². The smallest absolute Gasteiger partial charge is 0.223 e. The maximum Gasteiger partial charge on any atom is 0.223 e. The Morgan fingerprint density at radius 2 is 2.20 bits per heavy atom. The Morgan fingerprint density at radius 1 is 1.70 bits per heavy atom. The molecular weight excluding hydrogens is 126 g/mol. The third-order valence-electron chi connectivity index (χ3n) is 2.65. The van der Waals surface area contributed by atoms with E-state index >= 15 is 0 Å². The van der Waals surface area contributed by atoms with E-state index in [1.165, 1.54) is 6.42 Å². The second kappa shape index (κ2) is 2.26. The molecule has 1 amide bonds. The molecule has 0 radical (unpaired) electrons. The lowest BCUT2D eigenvalue weighted by atomic mass is 9.62. The van der Waals surface area contributed by atoms with Crippen molar-refractivity contribution in [3.8, 4) is 0 Å². The second-order valence-corrected chi connectivity index (χ2v) is 3.61. The molecule has 0 spiro atoms. The van der Waals surface area contributed by atoms with Crippen LogP contribution in [0.5, 0.6) is 0 Å². The van der Waals surface area contributed by atoms with Gasteiger partial charge in [-0.25, -0.2) is 0 Å². The Bertz CT molecular complexity index is 147. The molecule has 0 unspecified atom stereocenters. The number of carbonyl (C=O) groups excluding carboxylic acids is 1. The predicted octanol–water partition coefficient (Wildman–Crippen LogP) is 1.30. The van der Waals surface area contributed by atoms with Crippen molar-refractivity contribution in [3.63, 3.8) is 0 Å². The van der Waals surface area contributed by atoms with Crippen LogP contribution in [0.4, 0.5) is 0 Å². The Morgan fingerprint density at radius 3 is 2.50 bits per heavy atom. The summed E-state index contributed by atoms with van der Waals surface area (Å²) in [5.74, 6) is 0.620. The zero-order chi connectivity index (χ0) is 7.78. The van der Waals surface area contributed by atoms with E-state index < -0.39 is 0 Å². The quantitative estimate of drug-likeness (QED) is 0.618. The van der Waals surface area contributed by atoms with Crippen molar-refractivity contribution in [1.82, 2.24) is 0 Å². The van der Waals surface area contributed by atoms with Gasteiger partial charge in [-0.1, -0.05) is 20.3 Å². The average molecular weight is 141 g/mol. The largest absolute Gasteiger partial charge is 0.369 e. The first-order valence-corrected chi connectivity index (χ1v) is 3.88. The number of nitrogens with two attached hydrogens (primary N) is 1. The molecule has 2 nitrogen and oxygen atoms in total. The molecule has 0 bridgehead atoms. The Kier molecular flexibility index (Phi) is 1.71. The lowest BCUT2D eigenvalue weighted by Crippen LogP contribution is -2.45. The van der Waals surface area contributed by atoms with Gasteiger partial charge in [-0.15, -0.1) is 0 Å². The minimum absolute atomic E-state index is 0.128. The molecule has 0 heterocycles. The number of carbonyl (C=O) groups is 1. The summed E-state index contributed by atoms with van der Waals surface area (Å²) in [7, 11) is 0. The van der Waals surface area contributed by atoms with Gasteiger partial charge in [-0.2, -0.15) is 0 Å². The van der Waals surface area contributed by atoms with Gasteiger partial charge in [-0.05, 0) is 18.8 Å². The van der Waals surface area contributed by atoms with Gasteiger partial charge in [0, 0.05) is 5.41 Å². The third kappa shape index (κ3) is 1.02. The number of rotatable bonds is 2. The van der Waals surface area contributed by atoms with E-state index in [1.807, 2.05) is 6.92 Å². The van der Waals surface area contributed by atoms with Crippen LogP contribution < -0.4 is 5.73 Å². The predicted molar refractivity (Wildman–Crippen MR) is 40.3 cm³/mol. The van der Waals surface area contributed by atoms with E-state index in [-0.39, 0.29) is 11.3 Å². The maximum absolute atomic E-state index is 10.8. The minimum Gasteiger partial charge on any atom is -0.369 e. The lowest BCUT2D eigenvalue weighted by molar-refractivity contribution is -0.134. The molecule has 1 aliphatic carbocycles. The molecule has 0 aromatic carbocycles. The highest BCUT2D eigenvalue weighted by Crippen LogP contribution is 2.46. The Hall–Kier alpha value is -0.530. The molecule has 1 rings (SSSR count). The molecule has 10 heavy (non-hydrogen) atoms. The third-order valence-corrected chi connectivity index (χ3v) is 2.65. The number of hydrogen-bond donors (Lipinski definition) is 1. The fourth-order valence-corrected chi connectivity index (χ4v) is 1.70. The van der Waals surface area contributed by atoms with Gasteiger partial charge >= 0.3 is 0 Å². The molecule has 1 fully saturated rings. The number of hydrogen-bond acceptors (Lipinski definition) is 1. The Balaban J connectivity index is 2.42. The van der Waals surface area contributed by atoms with Gasteiger partial charge < -0.3 is 5.73 Å². The van der Waals surface area contributed by atoms with Crippen LogP contribution in [0.15, 0.2) is 0 Å². The molecule has 2 heteroatoms. The van der Waals surface area contributed by atoms with Crippen LogP contribution in [-0.2, 0) is 4.79 Å². The molecule has 58 valence electrons. The van der Waals surface area contributed by atoms with Gasteiger partial charge in [0.15, 0.2) is 0 Å². The summed E-state index contributed by atoms with van der Waals surface area (Å²) in [6.07, 6.45) is 3.18. The highest BCUT2D eigenvalue weighted by molar-refractivity contribution is 5.81. The summed E-state index contributed by atoms with van der Waals surface area (Å²) < 4.78 is 0. The monoisotopic (exact) mass is 141 g/mol. The summed E-state index contributed by atoms with van der Waals surface area (Å²) in [4.78, 5) is 10.8. The summed E-state index contributed by atoms with van der Waals surface area (Å²) in [5, 5.41) is 0. The van der Waals surface area contributed by atoms with Crippen LogP contribution in [0.2, 0.25) is 0 Å². The first-order valence-electron chi connectivity index (χ1n) is 3.88. The molecular formula is C8H15NO. The second-order valence-electron chi connectivity index (χ2n) is 3.61. The lowest BCUT2D eigenvalue weighted by Gasteiger charge is -2.42. The van der Waals surface area contributed by atoms with Crippen LogP contribution in [-0.4, -0.2) is 5.91 Å². The fourth-order valence-electron chi connectivity index (χ4n) is 1.70. The first kappa shape index (κ1) is 7.58. The molecule has 1 aliphatic rings. The van der Waals surface area contributed by atoms with Gasteiger partial charge in [-0.3, -0.25) is 4.79 Å². The number of amides is 1. The van der Waals surface area contributed by atoms with Crippen LogP contribution >= 0.6 is 0 Å². The standard InChI is InChI=1S/C8H15NO/c1-3-6-4-8(2,5-6)7(9)10/h6H,3-5H2,1-2H3,(H2,9,10)/t6-,8-. The van der Waals surface area contributed by atoms with Crippen molar-refractivity contribution < 1.29 is 4.79 Å². The van der Waals surface area contributed by atoms with Gasteiger partial charge in [0.2, 0.25) is 5.91 Å². The molecule has 0 saturated heterocycles. The molecule has 0 atom stereocenters. The zero-order valence-electron chi connectivity index (χ0n) is 6.68. The van der Waals surface area contributed by atoms with Crippen LogP contribution in [0.25, 0.3) is 0 Å². The SMILES string of the molecule is CC[C@H]1C[C@](C)(C(N)=O)C1. The topological polar surface area (TPSA) is 43.1 Å². The van der Waals surface area contributed by atoms with Gasteiger partial charge in [0.05, 0.1) is 0 Å². The summed E-state index contributed by atoms with van der Waals surface area (Å²) in [6.45, 7) is 4.12. The summed E-state index contributed by atoms with van der Waals surface area (Å²) >= 11 is 0. The number of primary amides is 1. The van der Waals surface area contributed by atoms with E-state index in [0.29, 0.717) is 0 Å². The normalized spacial score (nSPS) is 38.8. The van der Waals surface area contributed by atoms with Crippen LogP contribution in [0.3, 0.4) is 0 Å². The van der Waals surface area contributed by atoms with Gasteiger partial charge in [0.1, 0.15) is 0 Å². The van der Waals surface area contributed by atoms with Crippen molar-refractivity contribution in [2.75, 3.05) is 0 Å². The van der Waals surface area contributed by atoms with Crippen molar-refractivity contribution in [3.05, 3.63) is 0 Å².